The van der Waals surface area contributed by atoms with Crippen LogP contribution in [0.25, 0.3) is 22.3 Å². The SMILES string of the molecule is O=C1CC(c2ccc(OCCOCCOCCOCCOc3ccc(-c4cc(=O)c5ccccc5o4)cc3)cc2)Oc2ccccc21. The van der Waals surface area contributed by atoms with Crippen LogP contribution in [-0.4, -0.2) is 58.6 Å². The van der Waals surface area contributed by atoms with E-state index in [-0.39, 0.29) is 17.3 Å². The molecule has 4 aromatic carbocycles. The molecule has 0 amide bonds. The van der Waals surface area contributed by atoms with Crippen LogP contribution in [0.1, 0.15) is 28.4 Å². The number of ketones is 1. The van der Waals surface area contributed by atoms with Crippen molar-refractivity contribution < 1.29 is 37.6 Å². The molecule has 1 aromatic heterocycles. The van der Waals surface area contributed by atoms with E-state index in [1.807, 2.05) is 78.9 Å². The third-order valence-corrected chi connectivity index (χ3v) is 7.59. The van der Waals surface area contributed by atoms with Gasteiger partial charge in [0.15, 0.2) is 11.2 Å². The molecular formula is C38H36O9. The molecule has 1 aliphatic heterocycles. The molecule has 0 saturated heterocycles. The standard InChI is InChI=1S/C38H36O9/c39-33-25-37(46-35-7-3-1-5-31(33)35)27-9-13-29(14-10-27)44-23-21-42-19-17-41-18-20-43-22-24-45-30-15-11-28(12-16-30)38-26-34(40)32-6-2-4-8-36(32)47-38/h1-16,25,38H,17-24,26H2. The van der Waals surface area contributed by atoms with Crippen molar-refractivity contribution in [3.05, 3.63) is 124 Å². The zero-order chi connectivity index (χ0) is 32.3. The first-order valence-electron chi connectivity index (χ1n) is 15.6. The Morgan fingerprint density at radius 2 is 1.19 bits per heavy atom. The molecule has 0 N–H and O–H groups in total. The normalized spacial score (nSPS) is 14.0. The maximum atomic E-state index is 12.4. The summed E-state index contributed by atoms with van der Waals surface area (Å²) in [5.41, 5.74) is 2.87. The third kappa shape index (κ3) is 8.65. The lowest BCUT2D eigenvalue weighted by atomic mass is 9.96. The van der Waals surface area contributed by atoms with Crippen LogP contribution in [0, 0.1) is 0 Å². The molecule has 0 spiro atoms. The van der Waals surface area contributed by atoms with E-state index >= 15 is 0 Å². The van der Waals surface area contributed by atoms with Gasteiger partial charge in [-0.2, -0.15) is 0 Å². The number of rotatable bonds is 16. The lowest BCUT2D eigenvalue weighted by molar-refractivity contribution is 0.00499. The Bertz CT molecular complexity index is 1810. The maximum absolute atomic E-state index is 12.4. The first-order valence-corrected chi connectivity index (χ1v) is 15.6. The Labute approximate surface area is 272 Å². The zero-order valence-electron chi connectivity index (χ0n) is 25.9. The van der Waals surface area contributed by atoms with Crippen LogP contribution in [0.5, 0.6) is 17.2 Å². The second-order valence-electron chi connectivity index (χ2n) is 10.8. The molecule has 0 aliphatic carbocycles. The summed E-state index contributed by atoms with van der Waals surface area (Å²) in [6, 6.07) is 31.1. The molecule has 6 rings (SSSR count). The molecule has 47 heavy (non-hydrogen) atoms. The van der Waals surface area contributed by atoms with Crippen molar-refractivity contribution in [3.63, 3.8) is 0 Å². The average Bonchev–Trinajstić information content (AvgIpc) is 3.11. The van der Waals surface area contributed by atoms with Crippen molar-refractivity contribution in [3.8, 4) is 28.6 Å². The maximum Gasteiger partial charge on any atom is 0.193 e. The molecule has 9 heteroatoms. The van der Waals surface area contributed by atoms with Crippen LogP contribution in [0.3, 0.4) is 0 Å². The molecule has 9 nitrogen and oxygen atoms in total. The van der Waals surface area contributed by atoms with Gasteiger partial charge in [-0.15, -0.1) is 0 Å². The van der Waals surface area contributed by atoms with Gasteiger partial charge in [0.05, 0.1) is 57.0 Å². The minimum Gasteiger partial charge on any atom is -0.491 e. The predicted molar refractivity (Wildman–Crippen MR) is 177 cm³/mol. The summed E-state index contributed by atoms with van der Waals surface area (Å²) in [6.45, 7) is 3.51. The second-order valence-corrected chi connectivity index (χ2v) is 10.8. The fourth-order valence-electron chi connectivity index (χ4n) is 5.18. The summed E-state index contributed by atoms with van der Waals surface area (Å²) in [5, 5.41) is 0.565. The van der Waals surface area contributed by atoms with Gasteiger partial charge >= 0.3 is 0 Å². The van der Waals surface area contributed by atoms with E-state index in [0.29, 0.717) is 93.1 Å². The summed E-state index contributed by atoms with van der Waals surface area (Å²) in [6.07, 6.45) is 0.0225. The number of carbonyl (C=O) groups excluding carboxylic acids is 1. The summed E-state index contributed by atoms with van der Waals surface area (Å²) < 4.78 is 40.2. The van der Waals surface area contributed by atoms with Gasteiger partial charge in [0.25, 0.3) is 0 Å². The second kappa shape index (κ2) is 16.0. The van der Waals surface area contributed by atoms with Crippen LogP contribution in [0.2, 0.25) is 0 Å². The fraction of sp³-hybridized carbons (Fsp3) is 0.263. The number of benzene rings is 4. The van der Waals surface area contributed by atoms with Crippen LogP contribution in [0.15, 0.2) is 112 Å². The van der Waals surface area contributed by atoms with Gasteiger partial charge in [-0.3, -0.25) is 9.59 Å². The minimum absolute atomic E-state index is 0.0706. The molecule has 1 unspecified atom stereocenters. The largest absolute Gasteiger partial charge is 0.491 e. The van der Waals surface area contributed by atoms with Crippen molar-refractivity contribution in [2.24, 2.45) is 0 Å². The number of fused-ring (bicyclic) bond motifs is 2. The molecule has 0 radical (unpaired) electrons. The van der Waals surface area contributed by atoms with E-state index in [9.17, 15) is 9.59 Å². The van der Waals surface area contributed by atoms with E-state index in [4.69, 9.17) is 32.8 Å². The third-order valence-electron chi connectivity index (χ3n) is 7.59. The average molecular weight is 637 g/mol. The highest BCUT2D eigenvalue weighted by Gasteiger charge is 2.27. The number of para-hydroxylation sites is 2. The number of Topliss-reactive ketones (excluding diaryl/α,β-unsaturated/α-hetero) is 1. The number of hydrogen-bond donors (Lipinski definition) is 0. The molecule has 0 saturated carbocycles. The number of ether oxygens (including phenoxy) is 6. The van der Waals surface area contributed by atoms with Crippen molar-refractivity contribution in [1.82, 2.24) is 0 Å². The molecule has 0 bridgehead atoms. The first-order chi connectivity index (χ1) is 23.1. The van der Waals surface area contributed by atoms with Crippen LogP contribution >= 0.6 is 0 Å². The van der Waals surface area contributed by atoms with E-state index < -0.39 is 0 Å². The summed E-state index contributed by atoms with van der Waals surface area (Å²) in [4.78, 5) is 24.8. The molecule has 2 heterocycles. The Morgan fingerprint density at radius 3 is 1.87 bits per heavy atom. The molecule has 0 fully saturated rings. The highest BCUT2D eigenvalue weighted by molar-refractivity contribution is 6.00. The van der Waals surface area contributed by atoms with E-state index in [0.717, 1.165) is 16.9 Å². The zero-order valence-corrected chi connectivity index (χ0v) is 25.9. The summed E-state index contributed by atoms with van der Waals surface area (Å²) >= 11 is 0. The van der Waals surface area contributed by atoms with Crippen LogP contribution in [0.4, 0.5) is 0 Å². The Morgan fingerprint density at radius 1 is 0.617 bits per heavy atom. The molecule has 1 atom stereocenters. The molecular weight excluding hydrogens is 600 g/mol. The van der Waals surface area contributed by atoms with Gasteiger partial charge in [0.2, 0.25) is 0 Å². The van der Waals surface area contributed by atoms with Gasteiger partial charge in [0.1, 0.15) is 47.9 Å². The summed E-state index contributed by atoms with van der Waals surface area (Å²) in [5.74, 6) is 2.66. The fourth-order valence-corrected chi connectivity index (χ4v) is 5.18. The van der Waals surface area contributed by atoms with Gasteiger partial charge in [-0.1, -0.05) is 36.4 Å². The van der Waals surface area contributed by atoms with Crippen molar-refractivity contribution in [2.45, 2.75) is 12.5 Å². The molecule has 242 valence electrons. The number of hydrogen-bond acceptors (Lipinski definition) is 9. The van der Waals surface area contributed by atoms with Gasteiger partial charge in [-0.05, 0) is 66.2 Å². The highest BCUT2D eigenvalue weighted by atomic mass is 16.6. The van der Waals surface area contributed by atoms with Gasteiger partial charge in [0, 0.05) is 11.6 Å². The minimum atomic E-state index is -0.298. The molecule has 5 aromatic rings. The Hall–Kier alpha value is -4.96. The lowest BCUT2D eigenvalue weighted by Crippen LogP contribution is -2.20. The van der Waals surface area contributed by atoms with Crippen molar-refractivity contribution >= 4 is 16.8 Å². The van der Waals surface area contributed by atoms with Crippen LogP contribution < -0.4 is 19.6 Å². The van der Waals surface area contributed by atoms with E-state index in [1.54, 1.807) is 18.2 Å². The van der Waals surface area contributed by atoms with Crippen LogP contribution in [-0.2, 0) is 14.2 Å². The summed E-state index contributed by atoms with van der Waals surface area (Å²) in [7, 11) is 0. The molecule has 1 aliphatic rings. The van der Waals surface area contributed by atoms with Crippen molar-refractivity contribution in [2.75, 3.05) is 52.9 Å². The quantitative estimate of drug-likeness (QED) is 0.110. The monoisotopic (exact) mass is 636 g/mol. The van der Waals surface area contributed by atoms with E-state index in [1.165, 1.54) is 6.07 Å². The topological polar surface area (TPSA) is 103 Å². The predicted octanol–water partition coefficient (Wildman–Crippen LogP) is 6.67. The first kappa shape index (κ1) is 32.0. The van der Waals surface area contributed by atoms with Gasteiger partial charge < -0.3 is 32.8 Å². The van der Waals surface area contributed by atoms with Gasteiger partial charge in [-0.25, -0.2) is 0 Å². The van der Waals surface area contributed by atoms with E-state index in [2.05, 4.69) is 0 Å². The smallest absolute Gasteiger partial charge is 0.193 e. The Kier molecular flexibility index (Phi) is 10.9. The Balaban J connectivity index is 0.778. The highest BCUT2D eigenvalue weighted by Crippen LogP contribution is 2.35. The van der Waals surface area contributed by atoms with Crippen molar-refractivity contribution in [1.29, 1.82) is 0 Å². The number of carbonyl (C=O) groups is 1. The lowest BCUT2D eigenvalue weighted by Gasteiger charge is -2.25.